The number of aromatic nitrogens is 4. The van der Waals surface area contributed by atoms with Crippen molar-refractivity contribution < 1.29 is 4.79 Å². The van der Waals surface area contributed by atoms with Crippen molar-refractivity contribution in [3.05, 3.63) is 65.7 Å². The molecule has 2 aromatic carbocycles. The summed E-state index contributed by atoms with van der Waals surface area (Å²) in [5.41, 5.74) is 3.14. The normalized spacial score (nSPS) is 11.9. The van der Waals surface area contributed by atoms with Crippen LogP contribution in [0.25, 0.3) is 5.69 Å². The predicted octanol–water partition coefficient (Wildman–Crippen LogP) is 2.77. The van der Waals surface area contributed by atoms with Crippen LogP contribution in [-0.2, 0) is 11.3 Å². The van der Waals surface area contributed by atoms with Crippen LogP contribution in [0.3, 0.4) is 0 Å². The summed E-state index contributed by atoms with van der Waals surface area (Å²) in [5, 5.41) is 15.0. The van der Waals surface area contributed by atoms with Crippen LogP contribution in [0.2, 0.25) is 0 Å². The third-order valence-corrected chi connectivity index (χ3v) is 4.71. The average molecular weight is 353 g/mol. The average Bonchev–Trinajstić information content (AvgIpc) is 3.09. The van der Waals surface area contributed by atoms with Gasteiger partial charge in [0.1, 0.15) is 0 Å². The number of tetrazole rings is 1. The molecule has 25 heavy (non-hydrogen) atoms. The number of aryl methyl sites for hydroxylation is 1. The van der Waals surface area contributed by atoms with Gasteiger partial charge in [-0.1, -0.05) is 59.8 Å². The molecule has 0 fully saturated rings. The van der Waals surface area contributed by atoms with Crippen LogP contribution in [0, 0.1) is 6.92 Å². The van der Waals surface area contributed by atoms with Gasteiger partial charge in [0.15, 0.2) is 0 Å². The molecule has 0 bridgehead atoms. The first-order valence-corrected chi connectivity index (χ1v) is 8.85. The summed E-state index contributed by atoms with van der Waals surface area (Å²) in [4.78, 5) is 12.3. The molecule has 3 aromatic rings. The van der Waals surface area contributed by atoms with E-state index in [0.29, 0.717) is 11.7 Å². The monoisotopic (exact) mass is 353 g/mol. The van der Waals surface area contributed by atoms with Gasteiger partial charge in [-0.3, -0.25) is 4.79 Å². The van der Waals surface area contributed by atoms with E-state index >= 15 is 0 Å². The third kappa shape index (κ3) is 4.45. The number of hydrogen-bond acceptors (Lipinski definition) is 5. The first-order chi connectivity index (χ1) is 12.1. The molecule has 7 heteroatoms. The molecule has 1 N–H and O–H groups in total. The largest absolute Gasteiger partial charge is 0.351 e. The minimum absolute atomic E-state index is 0.0480. The zero-order chi connectivity index (χ0) is 17.6. The molecule has 0 aliphatic carbocycles. The zero-order valence-corrected chi connectivity index (χ0v) is 14.9. The fourth-order valence-electron chi connectivity index (χ4n) is 2.23. The number of hydrogen-bond donors (Lipinski definition) is 1. The van der Waals surface area contributed by atoms with Gasteiger partial charge in [-0.05, 0) is 42.0 Å². The topological polar surface area (TPSA) is 72.7 Å². The molecule has 128 valence electrons. The van der Waals surface area contributed by atoms with Gasteiger partial charge in [0.05, 0.1) is 10.9 Å². The molecule has 1 aromatic heterocycles. The Morgan fingerprint density at radius 2 is 1.88 bits per heavy atom. The fourth-order valence-corrected chi connectivity index (χ4v) is 3.07. The van der Waals surface area contributed by atoms with Crippen molar-refractivity contribution >= 4 is 17.7 Å². The minimum Gasteiger partial charge on any atom is -0.351 e. The highest BCUT2D eigenvalue weighted by atomic mass is 32.2. The lowest BCUT2D eigenvalue weighted by molar-refractivity contribution is -0.120. The van der Waals surface area contributed by atoms with Crippen molar-refractivity contribution in [2.75, 3.05) is 0 Å². The van der Waals surface area contributed by atoms with Crippen LogP contribution in [0.4, 0.5) is 0 Å². The lowest BCUT2D eigenvalue weighted by atomic mass is 10.1. The molecule has 1 atom stereocenters. The molecule has 0 saturated heterocycles. The van der Waals surface area contributed by atoms with Gasteiger partial charge in [0.25, 0.3) is 0 Å². The molecule has 0 unspecified atom stereocenters. The van der Waals surface area contributed by atoms with E-state index in [0.717, 1.165) is 11.3 Å². The van der Waals surface area contributed by atoms with Gasteiger partial charge in [-0.2, -0.15) is 4.68 Å². The molecule has 3 rings (SSSR count). The summed E-state index contributed by atoms with van der Waals surface area (Å²) in [7, 11) is 0. The number of carbonyl (C=O) groups excluding carboxylic acids is 1. The van der Waals surface area contributed by atoms with Crippen molar-refractivity contribution in [1.29, 1.82) is 0 Å². The first-order valence-electron chi connectivity index (χ1n) is 7.97. The number of nitrogens with zero attached hydrogens (tertiary/aromatic N) is 4. The smallest absolute Gasteiger partial charge is 0.233 e. The van der Waals surface area contributed by atoms with E-state index in [9.17, 15) is 4.79 Å². The van der Waals surface area contributed by atoms with E-state index in [1.54, 1.807) is 4.68 Å². The van der Waals surface area contributed by atoms with Gasteiger partial charge in [-0.25, -0.2) is 0 Å². The Morgan fingerprint density at radius 3 is 2.60 bits per heavy atom. The molecule has 6 nitrogen and oxygen atoms in total. The minimum atomic E-state index is -0.307. The molecular weight excluding hydrogens is 334 g/mol. The Bertz CT molecular complexity index is 832. The van der Waals surface area contributed by atoms with E-state index in [-0.39, 0.29) is 11.2 Å². The molecule has 1 amide bonds. The van der Waals surface area contributed by atoms with Gasteiger partial charge in [0, 0.05) is 6.54 Å². The van der Waals surface area contributed by atoms with E-state index in [1.165, 1.54) is 17.3 Å². The van der Waals surface area contributed by atoms with E-state index in [2.05, 4.69) is 20.8 Å². The molecule has 0 spiro atoms. The maximum Gasteiger partial charge on any atom is 0.233 e. The number of thioether (sulfide) groups is 1. The number of nitrogens with one attached hydrogen (secondary N) is 1. The molecule has 0 radical (unpaired) electrons. The van der Waals surface area contributed by atoms with Crippen molar-refractivity contribution in [3.8, 4) is 5.69 Å². The van der Waals surface area contributed by atoms with Gasteiger partial charge in [-0.15, -0.1) is 5.10 Å². The van der Waals surface area contributed by atoms with Crippen molar-refractivity contribution in [3.63, 3.8) is 0 Å². The van der Waals surface area contributed by atoms with E-state index in [1.807, 2.05) is 68.4 Å². The SMILES string of the molecule is Cc1ccc(CNC(=O)[C@@H](C)Sc2nnnn2-c2ccccc2)cc1. The Morgan fingerprint density at radius 1 is 1.16 bits per heavy atom. The summed E-state index contributed by atoms with van der Waals surface area (Å²) >= 11 is 1.33. The fraction of sp³-hybridized carbons (Fsp3) is 0.222. The molecule has 0 aliphatic heterocycles. The Kier molecular flexibility index (Phi) is 5.45. The number of para-hydroxylation sites is 1. The molecule has 0 saturated carbocycles. The quantitative estimate of drug-likeness (QED) is 0.690. The highest BCUT2D eigenvalue weighted by Crippen LogP contribution is 2.22. The van der Waals surface area contributed by atoms with Gasteiger partial charge < -0.3 is 5.32 Å². The van der Waals surface area contributed by atoms with E-state index < -0.39 is 0 Å². The summed E-state index contributed by atoms with van der Waals surface area (Å²) in [5.74, 6) is -0.0480. The van der Waals surface area contributed by atoms with Crippen molar-refractivity contribution in [1.82, 2.24) is 25.5 Å². The van der Waals surface area contributed by atoms with Crippen molar-refractivity contribution in [2.45, 2.75) is 30.8 Å². The Hall–Kier alpha value is -2.67. The number of rotatable bonds is 6. The standard InChI is InChI=1S/C18H19N5OS/c1-13-8-10-15(11-9-13)12-19-17(24)14(2)25-18-20-21-22-23(18)16-6-4-3-5-7-16/h3-11,14H,12H2,1-2H3,(H,19,24)/t14-/m1/s1. The van der Waals surface area contributed by atoms with Crippen LogP contribution in [-0.4, -0.2) is 31.4 Å². The van der Waals surface area contributed by atoms with Crippen LogP contribution in [0.15, 0.2) is 59.8 Å². The molecule has 0 aliphatic rings. The lowest BCUT2D eigenvalue weighted by Crippen LogP contribution is -2.30. The Balaban J connectivity index is 1.60. The number of carbonyl (C=O) groups is 1. The summed E-state index contributed by atoms with van der Waals surface area (Å²) in [6, 6.07) is 17.7. The summed E-state index contributed by atoms with van der Waals surface area (Å²) < 4.78 is 1.63. The maximum atomic E-state index is 12.3. The summed E-state index contributed by atoms with van der Waals surface area (Å²) in [6.07, 6.45) is 0. The van der Waals surface area contributed by atoms with E-state index in [4.69, 9.17) is 0 Å². The lowest BCUT2D eigenvalue weighted by Gasteiger charge is -2.12. The number of benzene rings is 2. The zero-order valence-electron chi connectivity index (χ0n) is 14.1. The molecule has 1 heterocycles. The van der Waals surface area contributed by atoms with Crippen LogP contribution in [0.1, 0.15) is 18.1 Å². The Labute approximate surface area is 150 Å². The number of amides is 1. The second kappa shape index (κ2) is 7.94. The van der Waals surface area contributed by atoms with Gasteiger partial charge >= 0.3 is 0 Å². The first kappa shape index (κ1) is 17.2. The van der Waals surface area contributed by atoms with Crippen LogP contribution in [0.5, 0.6) is 0 Å². The third-order valence-electron chi connectivity index (χ3n) is 3.68. The highest BCUT2D eigenvalue weighted by Gasteiger charge is 2.18. The van der Waals surface area contributed by atoms with Crippen LogP contribution < -0.4 is 5.32 Å². The summed E-state index contributed by atoms with van der Waals surface area (Å²) in [6.45, 7) is 4.39. The maximum absolute atomic E-state index is 12.3. The van der Waals surface area contributed by atoms with Crippen molar-refractivity contribution in [2.24, 2.45) is 0 Å². The van der Waals surface area contributed by atoms with Gasteiger partial charge in [0.2, 0.25) is 11.1 Å². The van der Waals surface area contributed by atoms with Crippen LogP contribution >= 0.6 is 11.8 Å². The predicted molar refractivity (Wildman–Crippen MR) is 97.5 cm³/mol. The second-order valence-corrected chi connectivity index (χ2v) is 6.98. The second-order valence-electron chi connectivity index (χ2n) is 5.67. The molecular formula is C18H19N5OS. The highest BCUT2D eigenvalue weighted by molar-refractivity contribution is 8.00.